The maximum atomic E-state index is 5.88. The van der Waals surface area contributed by atoms with E-state index in [1.165, 1.54) is 16.7 Å². The molecule has 0 saturated carbocycles. The van der Waals surface area contributed by atoms with E-state index in [0.717, 1.165) is 17.1 Å². The molecule has 1 aromatic heterocycles. The highest BCUT2D eigenvalue weighted by molar-refractivity contribution is 5.64. The zero-order valence-corrected chi connectivity index (χ0v) is 14.6. The predicted molar refractivity (Wildman–Crippen MR) is 94.2 cm³/mol. The second kappa shape index (κ2) is 5.69. The Bertz CT molecular complexity index is 823. The molecule has 0 atom stereocenters. The van der Waals surface area contributed by atoms with Crippen molar-refractivity contribution in [3.63, 3.8) is 0 Å². The van der Waals surface area contributed by atoms with Gasteiger partial charge in [-0.3, -0.25) is 0 Å². The third kappa shape index (κ3) is 2.81. The van der Waals surface area contributed by atoms with E-state index in [1.54, 1.807) is 0 Å². The van der Waals surface area contributed by atoms with Crippen LogP contribution in [0.4, 0.5) is 0 Å². The topological polar surface area (TPSA) is 17.0 Å². The molecule has 0 bridgehead atoms. The van der Waals surface area contributed by atoms with Crippen molar-refractivity contribution < 1.29 is 8.98 Å². The molecule has 0 aliphatic carbocycles. The van der Waals surface area contributed by atoms with Crippen molar-refractivity contribution in [3.05, 3.63) is 65.9 Å². The number of hydrogen-bond acceptors (Lipinski definition) is 1. The van der Waals surface area contributed by atoms with E-state index in [-0.39, 0.29) is 5.41 Å². The Morgan fingerprint density at radius 2 is 1.61 bits per heavy atom. The lowest BCUT2D eigenvalue weighted by Crippen LogP contribution is -2.31. The highest BCUT2D eigenvalue weighted by atomic mass is 16.3. The summed E-state index contributed by atoms with van der Waals surface area (Å²) in [6.07, 6.45) is 1.86. The summed E-state index contributed by atoms with van der Waals surface area (Å²) in [6.45, 7) is 8.96. The van der Waals surface area contributed by atoms with Crippen LogP contribution in [0.15, 0.2) is 59.2 Å². The molecule has 118 valence electrons. The summed E-state index contributed by atoms with van der Waals surface area (Å²) in [5, 5.41) is 0. The summed E-state index contributed by atoms with van der Waals surface area (Å²) in [6, 6.07) is 16.7. The number of aromatic nitrogens is 1. The Labute approximate surface area is 138 Å². The lowest BCUT2D eigenvalue weighted by molar-refractivity contribution is -0.651. The van der Waals surface area contributed by atoms with Gasteiger partial charge in [-0.05, 0) is 41.7 Å². The third-order valence-electron chi connectivity index (χ3n) is 4.39. The molecule has 3 aromatic rings. The van der Waals surface area contributed by atoms with Gasteiger partial charge in [-0.15, -0.1) is 0 Å². The lowest BCUT2D eigenvalue weighted by Gasteiger charge is -2.22. The lowest BCUT2D eigenvalue weighted by atomic mass is 9.82. The maximum Gasteiger partial charge on any atom is 0.380 e. The van der Waals surface area contributed by atoms with Crippen molar-refractivity contribution in [1.82, 2.24) is 0 Å². The second-order valence-corrected chi connectivity index (χ2v) is 7.08. The van der Waals surface area contributed by atoms with Crippen LogP contribution >= 0.6 is 0 Å². The van der Waals surface area contributed by atoms with Crippen molar-refractivity contribution in [2.75, 3.05) is 0 Å². The summed E-state index contributed by atoms with van der Waals surface area (Å²) < 4.78 is 8.01. The summed E-state index contributed by atoms with van der Waals surface area (Å²) in [4.78, 5) is 0. The Kier molecular flexibility index (Phi) is 3.85. The van der Waals surface area contributed by atoms with Crippen LogP contribution < -0.4 is 4.57 Å². The highest BCUT2D eigenvalue weighted by Crippen LogP contribution is 2.32. The van der Waals surface area contributed by atoms with Gasteiger partial charge < -0.3 is 4.42 Å². The van der Waals surface area contributed by atoms with Crippen LogP contribution in [0, 0.1) is 6.92 Å². The molecule has 2 nitrogen and oxygen atoms in total. The van der Waals surface area contributed by atoms with E-state index in [1.807, 2.05) is 24.5 Å². The first-order valence-electron chi connectivity index (χ1n) is 8.03. The SMILES string of the molecule is Cc1c(-c2coc(-c3ccccc3)[n+]2C)cccc1C(C)(C)C. The Balaban J connectivity index is 2.13. The van der Waals surface area contributed by atoms with Gasteiger partial charge in [0, 0.05) is 0 Å². The van der Waals surface area contributed by atoms with Crippen molar-refractivity contribution in [2.24, 2.45) is 7.05 Å². The first-order chi connectivity index (χ1) is 10.9. The van der Waals surface area contributed by atoms with Crippen LogP contribution in [0.2, 0.25) is 0 Å². The predicted octanol–water partition coefficient (Wildman–Crippen LogP) is 5.04. The zero-order valence-electron chi connectivity index (χ0n) is 14.6. The minimum absolute atomic E-state index is 0.130. The van der Waals surface area contributed by atoms with Gasteiger partial charge in [-0.1, -0.05) is 51.1 Å². The van der Waals surface area contributed by atoms with Gasteiger partial charge in [-0.2, -0.15) is 4.57 Å². The fourth-order valence-electron chi connectivity index (χ4n) is 3.19. The molecule has 2 aromatic carbocycles. The Morgan fingerprint density at radius 3 is 2.26 bits per heavy atom. The number of benzene rings is 2. The average Bonchev–Trinajstić information content (AvgIpc) is 2.89. The van der Waals surface area contributed by atoms with Crippen LogP contribution in [0.25, 0.3) is 22.7 Å². The Hall–Kier alpha value is -2.35. The number of nitrogens with zero attached hydrogens (tertiary/aromatic N) is 1. The molecule has 0 N–H and O–H groups in total. The average molecular weight is 306 g/mol. The fraction of sp³-hybridized carbons (Fsp3) is 0.286. The summed E-state index contributed by atoms with van der Waals surface area (Å²) in [5.74, 6) is 0.876. The van der Waals surface area contributed by atoms with Crippen LogP contribution in [-0.4, -0.2) is 0 Å². The number of oxazole rings is 1. The van der Waals surface area contributed by atoms with Gasteiger partial charge >= 0.3 is 5.89 Å². The molecule has 0 aliphatic heterocycles. The molecule has 0 unspecified atom stereocenters. The van der Waals surface area contributed by atoms with Gasteiger partial charge in [0.05, 0.1) is 11.1 Å². The van der Waals surface area contributed by atoms with Gasteiger partial charge in [-0.25, -0.2) is 0 Å². The standard InChI is InChI=1S/C21H24NO/c1-15-17(12-9-13-18(15)21(2,3)4)19-14-23-20(22(19)5)16-10-7-6-8-11-16/h6-14H,1-5H3/q+1. The molecule has 0 saturated heterocycles. The summed E-state index contributed by atoms with van der Waals surface area (Å²) in [5.41, 5.74) is 6.24. The summed E-state index contributed by atoms with van der Waals surface area (Å²) in [7, 11) is 2.06. The molecule has 3 rings (SSSR count). The van der Waals surface area contributed by atoms with Crippen molar-refractivity contribution in [1.29, 1.82) is 0 Å². The third-order valence-corrected chi connectivity index (χ3v) is 4.39. The van der Waals surface area contributed by atoms with Crippen LogP contribution in [0.3, 0.4) is 0 Å². The molecule has 0 spiro atoms. The normalized spacial score (nSPS) is 11.7. The molecule has 0 radical (unpaired) electrons. The first kappa shape index (κ1) is 15.5. The number of hydrogen-bond donors (Lipinski definition) is 0. The molecule has 0 fully saturated rings. The maximum absolute atomic E-state index is 5.88. The molecule has 1 heterocycles. The smallest absolute Gasteiger partial charge is 0.380 e. The minimum Gasteiger partial charge on any atom is -0.406 e. The molecule has 23 heavy (non-hydrogen) atoms. The van der Waals surface area contributed by atoms with Crippen LogP contribution in [-0.2, 0) is 12.5 Å². The Morgan fingerprint density at radius 1 is 0.913 bits per heavy atom. The molecular weight excluding hydrogens is 282 g/mol. The van der Waals surface area contributed by atoms with E-state index in [9.17, 15) is 0 Å². The van der Waals surface area contributed by atoms with Crippen molar-refractivity contribution in [3.8, 4) is 22.7 Å². The molecule has 0 aliphatic rings. The van der Waals surface area contributed by atoms with E-state index in [4.69, 9.17) is 4.42 Å². The second-order valence-electron chi connectivity index (χ2n) is 7.08. The van der Waals surface area contributed by atoms with Crippen LogP contribution in [0.1, 0.15) is 31.9 Å². The van der Waals surface area contributed by atoms with Crippen molar-refractivity contribution >= 4 is 0 Å². The highest BCUT2D eigenvalue weighted by Gasteiger charge is 2.25. The molecule has 2 heteroatoms. The van der Waals surface area contributed by atoms with E-state index in [2.05, 4.69) is 69.6 Å². The van der Waals surface area contributed by atoms with Gasteiger partial charge in [0.25, 0.3) is 5.69 Å². The van der Waals surface area contributed by atoms with Gasteiger partial charge in [0.1, 0.15) is 7.05 Å². The summed E-state index contributed by atoms with van der Waals surface area (Å²) >= 11 is 0. The van der Waals surface area contributed by atoms with Gasteiger partial charge in [0.2, 0.25) is 0 Å². The van der Waals surface area contributed by atoms with Gasteiger partial charge in [0.15, 0.2) is 6.26 Å². The largest absolute Gasteiger partial charge is 0.406 e. The monoisotopic (exact) mass is 306 g/mol. The number of rotatable bonds is 2. The van der Waals surface area contributed by atoms with E-state index in [0.29, 0.717) is 0 Å². The molecular formula is C21H24NO+. The van der Waals surface area contributed by atoms with E-state index >= 15 is 0 Å². The van der Waals surface area contributed by atoms with E-state index < -0.39 is 0 Å². The quantitative estimate of drug-likeness (QED) is 0.606. The minimum atomic E-state index is 0.130. The first-order valence-corrected chi connectivity index (χ1v) is 8.03. The van der Waals surface area contributed by atoms with Crippen LogP contribution in [0.5, 0.6) is 0 Å². The van der Waals surface area contributed by atoms with Crippen molar-refractivity contribution in [2.45, 2.75) is 33.1 Å². The fourth-order valence-corrected chi connectivity index (χ4v) is 3.19. The zero-order chi connectivity index (χ0) is 16.6. The molecule has 0 amide bonds.